The van der Waals surface area contributed by atoms with Crippen LogP contribution in [0.4, 0.5) is 5.69 Å². The fraction of sp³-hybridized carbons (Fsp3) is 0.462. The zero-order valence-corrected chi connectivity index (χ0v) is 10.7. The van der Waals surface area contributed by atoms with Gasteiger partial charge in [-0.3, -0.25) is 0 Å². The van der Waals surface area contributed by atoms with Crippen LogP contribution < -0.4 is 10.6 Å². The number of thiocarbonyl (C=S) groups is 1. The monoisotopic (exact) mass is 234 g/mol. The van der Waals surface area contributed by atoms with Crippen LogP contribution >= 0.6 is 12.2 Å². The molecule has 0 spiro atoms. The second-order valence-electron chi connectivity index (χ2n) is 4.52. The molecular formula is C13H18N2S. The van der Waals surface area contributed by atoms with Gasteiger partial charge in [0.25, 0.3) is 0 Å². The first-order valence-corrected chi connectivity index (χ1v) is 6.18. The first-order valence-electron chi connectivity index (χ1n) is 5.77. The van der Waals surface area contributed by atoms with Crippen molar-refractivity contribution in [2.45, 2.75) is 32.7 Å². The van der Waals surface area contributed by atoms with Crippen LogP contribution in [-0.4, -0.2) is 17.6 Å². The van der Waals surface area contributed by atoms with E-state index in [0.717, 1.165) is 12.1 Å². The van der Waals surface area contributed by atoms with E-state index in [2.05, 4.69) is 24.8 Å². The number of hydrogen-bond donors (Lipinski definition) is 1. The molecule has 1 aromatic carbocycles. The van der Waals surface area contributed by atoms with Crippen LogP contribution in [0.5, 0.6) is 0 Å². The molecule has 3 heteroatoms. The summed E-state index contributed by atoms with van der Waals surface area (Å²) < 4.78 is 0. The van der Waals surface area contributed by atoms with Crippen LogP contribution in [0.1, 0.15) is 30.9 Å². The Kier molecular flexibility index (Phi) is 3.15. The quantitative estimate of drug-likeness (QED) is 0.798. The van der Waals surface area contributed by atoms with Crippen molar-refractivity contribution in [2.24, 2.45) is 5.73 Å². The number of aryl methyl sites for hydroxylation is 1. The van der Waals surface area contributed by atoms with E-state index in [9.17, 15) is 0 Å². The number of nitrogens with zero attached hydrogens (tertiary/aromatic N) is 1. The molecule has 2 rings (SSSR count). The van der Waals surface area contributed by atoms with Gasteiger partial charge in [0.1, 0.15) is 4.99 Å². The van der Waals surface area contributed by atoms with E-state index in [1.165, 1.54) is 24.1 Å². The summed E-state index contributed by atoms with van der Waals surface area (Å²) >= 11 is 5.13. The molecule has 0 bridgehead atoms. The third kappa shape index (κ3) is 1.92. The van der Waals surface area contributed by atoms with Crippen molar-refractivity contribution in [3.8, 4) is 0 Å². The minimum atomic E-state index is 0.498. The Balaban J connectivity index is 2.49. The number of hydrogen-bond acceptors (Lipinski definition) is 2. The smallest absolute Gasteiger partial charge is 0.106 e. The van der Waals surface area contributed by atoms with Crippen molar-refractivity contribution < 1.29 is 0 Å². The van der Waals surface area contributed by atoms with Crippen molar-refractivity contribution in [3.05, 3.63) is 29.3 Å². The third-order valence-electron chi connectivity index (χ3n) is 3.34. The van der Waals surface area contributed by atoms with Crippen molar-refractivity contribution in [1.29, 1.82) is 0 Å². The molecule has 0 radical (unpaired) electrons. The number of nitrogens with two attached hydrogens (primary N) is 1. The number of rotatable bonds is 2. The summed E-state index contributed by atoms with van der Waals surface area (Å²) in [7, 11) is 0. The molecule has 0 saturated carbocycles. The van der Waals surface area contributed by atoms with E-state index in [-0.39, 0.29) is 0 Å². The standard InChI is InChI=1S/C13H18N2S/c1-9-5-3-7-11(13(14)16)12(9)15-8-4-6-10(15)2/h3,5,7,10H,4,6,8H2,1-2H3,(H2,14,16). The Morgan fingerprint density at radius 3 is 2.81 bits per heavy atom. The lowest BCUT2D eigenvalue weighted by atomic mass is 10.1. The molecule has 1 unspecified atom stereocenters. The van der Waals surface area contributed by atoms with Crippen molar-refractivity contribution >= 4 is 22.9 Å². The minimum absolute atomic E-state index is 0.498. The van der Waals surface area contributed by atoms with Gasteiger partial charge in [-0.25, -0.2) is 0 Å². The van der Waals surface area contributed by atoms with Crippen LogP contribution in [0.3, 0.4) is 0 Å². The predicted octanol–water partition coefficient (Wildman–Crippen LogP) is 2.62. The van der Waals surface area contributed by atoms with E-state index in [1.54, 1.807) is 0 Å². The van der Waals surface area contributed by atoms with Gasteiger partial charge in [-0.2, -0.15) is 0 Å². The van der Waals surface area contributed by atoms with Gasteiger partial charge >= 0.3 is 0 Å². The molecule has 0 amide bonds. The SMILES string of the molecule is Cc1cccc(C(N)=S)c1N1CCCC1C. The minimum Gasteiger partial charge on any atom is -0.389 e. The summed E-state index contributed by atoms with van der Waals surface area (Å²) in [6.45, 7) is 5.51. The maximum atomic E-state index is 5.80. The first-order chi connectivity index (χ1) is 7.61. The summed E-state index contributed by atoms with van der Waals surface area (Å²) in [4.78, 5) is 2.93. The molecule has 1 aromatic rings. The van der Waals surface area contributed by atoms with Gasteiger partial charge in [0.15, 0.2) is 0 Å². The van der Waals surface area contributed by atoms with Gasteiger partial charge in [-0.15, -0.1) is 0 Å². The highest BCUT2D eigenvalue weighted by atomic mass is 32.1. The average molecular weight is 234 g/mol. The molecule has 1 saturated heterocycles. The second kappa shape index (κ2) is 4.42. The Morgan fingerprint density at radius 2 is 2.25 bits per heavy atom. The molecule has 16 heavy (non-hydrogen) atoms. The van der Waals surface area contributed by atoms with Gasteiger partial charge in [0, 0.05) is 18.2 Å². The molecule has 0 aromatic heterocycles. The Bertz CT molecular complexity index is 414. The fourth-order valence-electron chi connectivity index (χ4n) is 2.50. The summed E-state index contributed by atoms with van der Waals surface area (Å²) in [6.07, 6.45) is 2.51. The molecule has 2 nitrogen and oxygen atoms in total. The maximum Gasteiger partial charge on any atom is 0.106 e. The maximum absolute atomic E-state index is 5.80. The Hall–Kier alpha value is -1.09. The van der Waals surface area contributed by atoms with Crippen LogP contribution in [-0.2, 0) is 0 Å². The van der Waals surface area contributed by atoms with Crippen LogP contribution in [0.15, 0.2) is 18.2 Å². The number of anilines is 1. The van der Waals surface area contributed by atoms with Gasteiger partial charge in [-0.05, 0) is 38.3 Å². The number of benzene rings is 1. The van der Waals surface area contributed by atoms with Gasteiger partial charge in [-0.1, -0.05) is 24.4 Å². The molecule has 1 aliphatic rings. The molecule has 1 fully saturated rings. The van der Waals surface area contributed by atoms with E-state index in [1.807, 2.05) is 12.1 Å². The second-order valence-corrected chi connectivity index (χ2v) is 4.96. The molecule has 1 atom stereocenters. The highest BCUT2D eigenvalue weighted by molar-refractivity contribution is 7.80. The first kappa shape index (κ1) is 11.4. The molecule has 86 valence electrons. The zero-order chi connectivity index (χ0) is 11.7. The normalized spacial score (nSPS) is 20.1. The van der Waals surface area contributed by atoms with Crippen molar-refractivity contribution in [2.75, 3.05) is 11.4 Å². The van der Waals surface area contributed by atoms with Gasteiger partial charge in [0.2, 0.25) is 0 Å². The number of para-hydroxylation sites is 1. The van der Waals surface area contributed by atoms with Crippen LogP contribution in [0, 0.1) is 6.92 Å². The third-order valence-corrected chi connectivity index (χ3v) is 3.56. The van der Waals surface area contributed by atoms with E-state index < -0.39 is 0 Å². The highest BCUT2D eigenvalue weighted by Crippen LogP contribution is 2.31. The molecule has 0 aliphatic carbocycles. The summed E-state index contributed by atoms with van der Waals surface area (Å²) in [6, 6.07) is 6.76. The average Bonchev–Trinajstić information content (AvgIpc) is 2.64. The van der Waals surface area contributed by atoms with Gasteiger partial charge < -0.3 is 10.6 Å². The lowest BCUT2D eigenvalue weighted by Gasteiger charge is -2.28. The summed E-state index contributed by atoms with van der Waals surface area (Å²) in [5.41, 5.74) is 9.32. The van der Waals surface area contributed by atoms with E-state index in [0.29, 0.717) is 11.0 Å². The molecule has 1 aliphatic heterocycles. The fourth-order valence-corrected chi connectivity index (χ4v) is 2.67. The lowest BCUT2D eigenvalue weighted by Crippen LogP contribution is -2.29. The molecule has 1 heterocycles. The molecular weight excluding hydrogens is 216 g/mol. The Labute approximate surface area is 102 Å². The summed E-state index contributed by atoms with van der Waals surface area (Å²) in [5, 5.41) is 0. The zero-order valence-electron chi connectivity index (χ0n) is 9.86. The van der Waals surface area contributed by atoms with Crippen LogP contribution in [0.2, 0.25) is 0 Å². The van der Waals surface area contributed by atoms with Crippen molar-refractivity contribution in [3.63, 3.8) is 0 Å². The Morgan fingerprint density at radius 1 is 1.50 bits per heavy atom. The summed E-state index contributed by atoms with van der Waals surface area (Å²) in [5.74, 6) is 0. The lowest BCUT2D eigenvalue weighted by molar-refractivity contribution is 0.733. The predicted molar refractivity (Wildman–Crippen MR) is 73.1 cm³/mol. The van der Waals surface area contributed by atoms with E-state index >= 15 is 0 Å². The largest absolute Gasteiger partial charge is 0.389 e. The van der Waals surface area contributed by atoms with E-state index in [4.69, 9.17) is 18.0 Å². The van der Waals surface area contributed by atoms with Crippen LogP contribution in [0.25, 0.3) is 0 Å². The topological polar surface area (TPSA) is 29.3 Å². The van der Waals surface area contributed by atoms with Gasteiger partial charge in [0.05, 0.1) is 5.69 Å². The molecule has 2 N–H and O–H groups in total. The highest BCUT2D eigenvalue weighted by Gasteiger charge is 2.24. The van der Waals surface area contributed by atoms with Crippen molar-refractivity contribution in [1.82, 2.24) is 0 Å².